The van der Waals surface area contributed by atoms with Gasteiger partial charge in [-0.2, -0.15) is 0 Å². The maximum absolute atomic E-state index is 13.4. The summed E-state index contributed by atoms with van der Waals surface area (Å²) in [7, 11) is 0. The normalized spacial score (nSPS) is 14.1. The second-order valence-corrected chi connectivity index (χ2v) is 6.68. The zero-order valence-corrected chi connectivity index (χ0v) is 15.8. The van der Waals surface area contributed by atoms with Crippen LogP contribution in [0.2, 0.25) is 0 Å². The Bertz CT molecular complexity index is 982. The van der Waals surface area contributed by atoms with Crippen LogP contribution >= 0.6 is 0 Å². The maximum Gasteiger partial charge on any atom is 0.260 e. The Balaban J connectivity index is 1.78. The predicted molar refractivity (Wildman–Crippen MR) is 113 cm³/mol. The molecule has 142 valence electrons. The number of benzene rings is 2. The molecule has 4 rings (SSSR count). The van der Waals surface area contributed by atoms with E-state index in [1.54, 1.807) is 17.2 Å². The van der Waals surface area contributed by atoms with Crippen molar-refractivity contribution in [3.63, 3.8) is 0 Å². The van der Waals surface area contributed by atoms with Gasteiger partial charge in [0.05, 0.1) is 18.8 Å². The number of carbonyl (C=O) groups excluding carboxylic acids is 1. The Morgan fingerprint density at radius 3 is 2.46 bits per heavy atom. The summed E-state index contributed by atoms with van der Waals surface area (Å²) in [5.41, 5.74) is 1.44. The first-order valence-electron chi connectivity index (χ1n) is 9.48. The summed E-state index contributed by atoms with van der Waals surface area (Å²) in [5, 5.41) is 1.90. The number of fused-ring (bicyclic) bond motifs is 1. The van der Waals surface area contributed by atoms with Crippen LogP contribution in [-0.4, -0.2) is 43.7 Å². The first-order valence-corrected chi connectivity index (χ1v) is 9.48. The molecule has 0 spiro atoms. The average Bonchev–Trinajstić information content (AvgIpc) is 2.77. The van der Waals surface area contributed by atoms with E-state index in [1.165, 1.54) is 0 Å². The number of hydrogen-bond donors (Lipinski definition) is 0. The monoisotopic (exact) mass is 373 g/mol. The molecule has 0 atom stereocenters. The molecule has 1 aromatic heterocycles. The van der Waals surface area contributed by atoms with Crippen LogP contribution in [0.25, 0.3) is 10.8 Å². The number of ether oxygens (including phenoxy) is 1. The summed E-state index contributed by atoms with van der Waals surface area (Å²) < 4.78 is 5.46. The van der Waals surface area contributed by atoms with E-state index in [1.807, 2.05) is 54.6 Å². The second-order valence-electron chi connectivity index (χ2n) is 6.68. The SMILES string of the molecule is C=CCN(C(=O)c1cnc(N2CCOCC2)c2ccccc12)c1ccccc1. The van der Waals surface area contributed by atoms with E-state index in [0.29, 0.717) is 25.3 Å². The highest BCUT2D eigenvalue weighted by Crippen LogP contribution is 2.29. The summed E-state index contributed by atoms with van der Waals surface area (Å²) in [6.45, 7) is 7.23. The standard InChI is InChI=1S/C23H23N3O2/c1-2-12-26(18-8-4-3-5-9-18)23(27)21-17-24-22(25-13-15-28-16-14-25)20-11-7-6-10-19(20)21/h2-11,17H,1,12-16H2. The molecule has 1 aliphatic heterocycles. The van der Waals surface area contributed by atoms with E-state index in [0.717, 1.165) is 35.4 Å². The first-order chi connectivity index (χ1) is 13.8. The molecule has 1 saturated heterocycles. The summed E-state index contributed by atoms with van der Waals surface area (Å²) in [6.07, 6.45) is 3.44. The van der Waals surface area contributed by atoms with Crippen LogP contribution in [0, 0.1) is 0 Å². The lowest BCUT2D eigenvalue weighted by Gasteiger charge is -2.29. The molecule has 2 heterocycles. The van der Waals surface area contributed by atoms with E-state index in [-0.39, 0.29) is 5.91 Å². The van der Waals surface area contributed by atoms with Crippen molar-refractivity contribution in [1.82, 2.24) is 4.98 Å². The van der Waals surface area contributed by atoms with E-state index in [2.05, 4.69) is 16.5 Å². The number of rotatable bonds is 5. The molecule has 3 aromatic rings. The minimum Gasteiger partial charge on any atom is -0.378 e. The fourth-order valence-electron chi connectivity index (χ4n) is 3.56. The number of hydrogen-bond acceptors (Lipinski definition) is 4. The highest BCUT2D eigenvalue weighted by molar-refractivity contribution is 6.15. The highest BCUT2D eigenvalue weighted by Gasteiger charge is 2.22. The molecule has 1 fully saturated rings. The van der Waals surface area contributed by atoms with Gasteiger partial charge in [0.2, 0.25) is 0 Å². The Hall–Kier alpha value is -3.18. The van der Waals surface area contributed by atoms with Gasteiger partial charge in [-0.1, -0.05) is 48.5 Å². The van der Waals surface area contributed by atoms with Crippen LogP contribution in [-0.2, 0) is 4.74 Å². The third kappa shape index (κ3) is 3.49. The van der Waals surface area contributed by atoms with Crippen molar-refractivity contribution in [2.24, 2.45) is 0 Å². The fourth-order valence-corrected chi connectivity index (χ4v) is 3.56. The third-order valence-corrected chi connectivity index (χ3v) is 4.94. The van der Waals surface area contributed by atoms with Gasteiger partial charge in [-0.05, 0) is 17.5 Å². The Morgan fingerprint density at radius 2 is 1.75 bits per heavy atom. The smallest absolute Gasteiger partial charge is 0.260 e. The minimum absolute atomic E-state index is 0.0803. The van der Waals surface area contributed by atoms with Gasteiger partial charge in [0.25, 0.3) is 5.91 Å². The Labute approximate surface area is 164 Å². The van der Waals surface area contributed by atoms with Gasteiger partial charge in [-0.3, -0.25) is 4.79 Å². The fraction of sp³-hybridized carbons (Fsp3) is 0.217. The van der Waals surface area contributed by atoms with E-state index in [4.69, 9.17) is 4.74 Å². The van der Waals surface area contributed by atoms with Crippen molar-refractivity contribution in [2.45, 2.75) is 0 Å². The zero-order valence-electron chi connectivity index (χ0n) is 15.8. The summed E-state index contributed by atoms with van der Waals surface area (Å²) in [4.78, 5) is 22.1. The quantitative estimate of drug-likeness (QED) is 0.636. The third-order valence-electron chi connectivity index (χ3n) is 4.94. The molecule has 5 heteroatoms. The molecule has 0 radical (unpaired) electrons. The van der Waals surface area contributed by atoms with Gasteiger partial charge in [-0.25, -0.2) is 4.98 Å². The van der Waals surface area contributed by atoms with Crippen LogP contribution < -0.4 is 9.80 Å². The van der Waals surface area contributed by atoms with Crippen LogP contribution in [0.15, 0.2) is 73.4 Å². The predicted octanol–water partition coefficient (Wildman–Crippen LogP) is 3.90. The van der Waals surface area contributed by atoms with E-state index >= 15 is 0 Å². The number of nitrogens with zero attached hydrogens (tertiary/aromatic N) is 3. The molecule has 5 nitrogen and oxygen atoms in total. The van der Waals surface area contributed by atoms with Crippen LogP contribution in [0.4, 0.5) is 11.5 Å². The molecule has 0 aliphatic carbocycles. The van der Waals surface area contributed by atoms with Crippen molar-refractivity contribution in [3.05, 3.63) is 79.0 Å². The van der Waals surface area contributed by atoms with Crippen molar-refractivity contribution in [3.8, 4) is 0 Å². The van der Waals surface area contributed by atoms with Gasteiger partial charge >= 0.3 is 0 Å². The molecule has 0 N–H and O–H groups in total. The largest absolute Gasteiger partial charge is 0.378 e. The molecule has 0 bridgehead atoms. The zero-order chi connectivity index (χ0) is 19.3. The number of para-hydroxylation sites is 1. The lowest BCUT2D eigenvalue weighted by molar-refractivity contribution is 0.0991. The minimum atomic E-state index is -0.0803. The van der Waals surface area contributed by atoms with Gasteiger partial charge in [0, 0.05) is 36.9 Å². The van der Waals surface area contributed by atoms with E-state index < -0.39 is 0 Å². The van der Waals surface area contributed by atoms with Crippen molar-refractivity contribution in [1.29, 1.82) is 0 Å². The number of morpholine rings is 1. The molecule has 28 heavy (non-hydrogen) atoms. The van der Waals surface area contributed by atoms with Crippen molar-refractivity contribution in [2.75, 3.05) is 42.6 Å². The Morgan fingerprint density at radius 1 is 1.07 bits per heavy atom. The molecule has 0 saturated carbocycles. The van der Waals surface area contributed by atoms with Gasteiger partial charge in [0.1, 0.15) is 5.82 Å². The number of pyridine rings is 1. The summed E-state index contributed by atoms with van der Waals surface area (Å²) >= 11 is 0. The van der Waals surface area contributed by atoms with Crippen LogP contribution in [0.3, 0.4) is 0 Å². The van der Waals surface area contributed by atoms with Gasteiger partial charge < -0.3 is 14.5 Å². The van der Waals surface area contributed by atoms with Crippen molar-refractivity contribution < 1.29 is 9.53 Å². The second kappa shape index (κ2) is 8.23. The maximum atomic E-state index is 13.4. The first kappa shape index (κ1) is 18.2. The molecule has 2 aromatic carbocycles. The number of anilines is 2. The molecular weight excluding hydrogens is 350 g/mol. The molecular formula is C23H23N3O2. The lowest BCUT2D eigenvalue weighted by Crippen LogP contribution is -2.37. The van der Waals surface area contributed by atoms with Crippen LogP contribution in [0.5, 0.6) is 0 Å². The highest BCUT2D eigenvalue weighted by atomic mass is 16.5. The molecule has 1 aliphatic rings. The summed E-state index contributed by atoms with van der Waals surface area (Å²) in [5.74, 6) is 0.828. The Kier molecular flexibility index (Phi) is 5.35. The lowest BCUT2D eigenvalue weighted by atomic mass is 10.0. The molecule has 1 amide bonds. The van der Waals surface area contributed by atoms with Crippen molar-refractivity contribution >= 4 is 28.2 Å². The molecule has 0 unspecified atom stereocenters. The topological polar surface area (TPSA) is 45.7 Å². The summed E-state index contributed by atoms with van der Waals surface area (Å²) in [6, 6.07) is 17.6. The number of carbonyl (C=O) groups is 1. The number of aromatic nitrogens is 1. The van der Waals surface area contributed by atoms with Gasteiger partial charge in [0.15, 0.2) is 0 Å². The number of amides is 1. The van der Waals surface area contributed by atoms with E-state index in [9.17, 15) is 4.79 Å². The van der Waals surface area contributed by atoms with Crippen LogP contribution in [0.1, 0.15) is 10.4 Å². The average molecular weight is 373 g/mol. The van der Waals surface area contributed by atoms with Gasteiger partial charge in [-0.15, -0.1) is 6.58 Å².